The molecule has 4 rings (SSSR count). The van der Waals surface area contributed by atoms with E-state index < -0.39 is 0 Å². The van der Waals surface area contributed by atoms with E-state index in [9.17, 15) is 4.79 Å². The molecule has 0 saturated heterocycles. The number of halogens is 1. The number of nitrogens with zero attached hydrogens (tertiary/aromatic N) is 1. The summed E-state index contributed by atoms with van der Waals surface area (Å²) in [5.74, 6) is 0.657. The van der Waals surface area contributed by atoms with E-state index in [0.717, 1.165) is 33.1 Å². The van der Waals surface area contributed by atoms with Gasteiger partial charge in [-0.15, -0.1) is 0 Å². The van der Waals surface area contributed by atoms with Gasteiger partial charge in [-0.3, -0.25) is 10.1 Å². The molecule has 6 nitrogen and oxygen atoms in total. The normalized spacial score (nSPS) is 10.8. The summed E-state index contributed by atoms with van der Waals surface area (Å²) >= 11 is 8.78. The van der Waals surface area contributed by atoms with Crippen molar-refractivity contribution in [2.75, 3.05) is 12.4 Å². The molecule has 1 heterocycles. The van der Waals surface area contributed by atoms with E-state index in [1.165, 1.54) is 12.7 Å². The van der Waals surface area contributed by atoms with Gasteiger partial charge in [0.2, 0.25) is 5.89 Å². The van der Waals surface area contributed by atoms with Crippen LogP contribution < -0.4 is 15.4 Å². The molecule has 0 unspecified atom stereocenters. The second-order valence-electron chi connectivity index (χ2n) is 7.47. The van der Waals surface area contributed by atoms with Crippen molar-refractivity contribution in [3.63, 3.8) is 0 Å². The van der Waals surface area contributed by atoms with Crippen molar-refractivity contribution in [3.05, 3.63) is 75.8 Å². The first-order valence-corrected chi connectivity index (χ1v) is 11.5. The molecule has 0 saturated carbocycles. The number of ether oxygens (including phenoxy) is 1. The fourth-order valence-corrected chi connectivity index (χ4v) is 4.33. The van der Waals surface area contributed by atoms with Crippen LogP contribution >= 0.6 is 28.1 Å². The Morgan fingerprint density at radius 1 is 1.18 bits per heavy atom. The molecule has 4 aromatic rings. The maximum Gasteiger partial charge on any atom is 0.261 e. The lowest BCUT2D eigenvalue weighted by Crippen LogP contribution is -2.34. The van der Waals surface area contributed by atoms with Gasteiger partial charge in [0.25, 0.3) is 5.91 Å². The number of rotatable bonds is 5. The van der Waals surface area contributed by atoms with Gasteiger partial charge in [-0.2, -0.15) is 0 Å². The Balaban J connectivity index is 1.51. The minimum absolute atomic E-state index is 0.169. The zero-order valence-corrected chi connectivity index (χ0v) is 20.8. The second kappa shape index (κ2) is 9.72. The first kappa shape index (κ1) is 22.9. The number of carbonyl (C=O) groups is 1. The molecular weight excluding hydrogens is 502 g/mol. The van der Waals surface area contributed by atoms with E-state index in [4.69, 9.17) is 21.4 Å². The summed E-state index contributed by atoms with van der Waals surface area (Å²) in [6.07, 6.45) is 0.937. The lowest BCUT2D eigenvalue weighted by Gasteiger charge is -2.14. The van der Waals surface area contributed by atoms with Crippen molar-refractivity contribution in [2.45, 2.75) is 20.3 Å². The van der Waals surface area contributed by atoms with Crippen LogP contribution in [-0.2, 0) is 6.42 Å². The number of aryl methyl sites for hydroxylation is 2. The average molecular weight is 524 g/mol. The fourth-order valence-electron chi connectivity index (χ4n) is 3.55. The highest BCUT2D eigenvalue weighted by Crippen LogP contribution is 2.29. The van der Waals surface area contributed by atoms with Crippen LogP contribution in [0.25, 0.3) is 22.6 Å². The Labute approximate surface area is 205 Å². The minimum Gasteiger partial charge on any atom is -0.496 e. The van der Waals surface area contributed by atoms with E-state index in [-0.39, 0.29) is 11.0 Å². The molecule has 2 N–H and O–H groups in total. The van der Waals surface area contributed by atoms with E-state index in [1.54, 1.807) is 6.07 Å². The van der Waals surface area contributed by atoms with Crippen LogP contribution in [0.4, 0.5) is 5.69 Å². The topological polar surface area (TPSA) is 76.4 Å². The third-order valence-corrected chi connectivity index (χ3v) is 5.80. The van der Waals surface area contributed by atoms with Gasteiger partial charge in [-0.05, 0) is 79.2 Å². The Kier molecular flexibility index (Phi) is 6.76. The molecule has 1 amide bonds. The van der Waals surface area contributed by atoms with Crippen LogP contribution in [0.15, 0.2) is 63.5 Å². The standard InChI is InChI=1S/C25H22BrN3O3S/c1-4-15-8-9-21-20(11-15)28-24(32-21)16-6-5-7-18(12-16)27-25(33)29-23(30)19-13-17(26)10-14(2)22(19)31-3/h5-13H,4H2,1-3H3,(H2,27,29,30,33). The van der Waals surface area contributed by atoms with E-state index >= 15 is 0 Å². The average Bonchev–Trinajstić information content (AvgIpc) is 3.22. The van der Waals surface area contributed by atoms with Gasteiger partial charge in [-0.25, -0.2) is 4.98 Å². The summed E-state index contributed by atoms with van der Waals surface area (Å²) in [7, 11) is 1.53. The zero-order chi connectivity index (χ0) is 23.5. The molecule has 33 heavy (non-hydrogen) atoms. The zero-order valence-electron chi connectivity index (χ0n) is 18.4. The number of carbonyl (C=O) groups excluding carboxylic acids is 1. The molecule has 1 aromatic heterocycles. The Morgan fingerprint density at radius 2 is 2.00 bits per heavy atom. The fraction of sp³-hybridized carbons (Fsp3) is 0.160. The number of methoxy groups -OCH3 is 1. The predicted molar refractivity (Wildman–Crippen MR) is 138 cm³/mol. The van der Waals surface area contributed by atoms with Gasteiger partial charge in [0.05, 0.1) is 12.7 Å². The number of oxazole rings is 1. The molecule has 168 valence electrons. The smallest absolute Gasteiger partial charge is 0.261 e. The number of amides is 1. The number of aromatic nitrogens is 1. The molecular formula is C25H22BrN3O3S. The first-order chi connectivity index (χ1) is 15.9. The van der Waals surface area contributed by atoms with Crippen LogP contribution in [0.3, 0.4) is 0 Å². The lowest BCUT2D eigenvalue weighted by atomic mass is 10.1. The lowest BCUT2D eigenvalue weighted by molar-refractivity contribution is 0.0974. The van der Waals surface area contributed by atoms with Crippen molar-refractivity contribution in [1.82, 2.24) is 10.3 Å². The molecule has 0 aliphatic carbocycles. The van der Waals surface area contributed by atoms with Gasteiger partial charge in [0.1, 0.15) is 11.3 Å². The second-order valence-corrected chi connectivity index (χ2v) is 8.79. The highest BCUT2D eigenvalue weighted by atomic mass is 79.9. The molecule has 0 spiro atoms. The number of anilines is 1. The van der Waals surface area contributed by atoms with Gasteiger partial charge < -0.3 is 14.5 Å². The van der Waals surface area contributed by atoms with Crippen molar-refractivity contribution >= 4 is 56.0 Å². The number of thiocarbonyl (C=S) groups is 1. The molecule has 0 bridgehead atoms. The summed E-state index contributed by atoms with van der Waals surface area (Å²) < 4.78 is 12.1. The van der Waals surface area contributed by atoms with Crippen molar-refractivity contribution in [3.8, 4) is 17.2 Å². The van der Waals surface area contributed by atoms with E-state index in [2.05, 4.69) is 38.5 Å². The maximum absolute atomic E-state index is 12.8. The molecule has 0 aliphatic heterocycles. The predicted octanol–water partition coefficient (Wildman–Crippen LogP) is 6.26. The van der Waals surface area contributed by atoms with Crippen molar-refractivity contribution < 1.29 is 13.9 Å². The number of benzene rings is 3. The molecule has 8 heteroatoms. The highest BCUT2D eigenvalue weighted by molar-refractivity contribution is 9.10. The van der Waals surface area contributed by atoms with Crippen molar-refractivity contribution in [1.29, 1.82) is 0 Å². The Hall–Kier alpha value is -3.23. The van der Waals surface area contributed by atoms with Crippen LogP contribution in [-0.4, -0.2) is 23.1 Å². The summed E-state index contributed by atoms with van der Waals surface area (Å²) in [5, 5.41) is 5.93. The highest BCUT2D eigenvalue weighted by Gasteiger charge is 2.17. The number of hydrogen-bond acceptors (Lipinski definition) is 5. The Morgan fingerprint density at radius 3 is 2.76 bits per heavy atom. The molecule has 0 radical (unpaired) electrons. The summed E-state index contributed by atoms with van der Waals surface area (Å²) in [4.78, 5) is 17.4. The largest absolute Gasteiger partial charge is 0.496 e. The van der Waals surface area contributed by atoms with Crippen LogP contribution in [0, 0.1) is 6.92 Å². The quantitative estimate of drug-likeness (QED) is 0.300. The van der Waals surface area contributed by atoms with Gasteiger partial charge in [-0.1, -0.05) is 35.0 Å². The van der Waals surface area contributed by atoms with Gasteiger partial charge in [0, 0.05) is 15.7 Å². The third kappa shape index (κ3) is 5.07. The monoisotopic (exact) mass is 523 g/mol. The number of nitrogens with one attached hydrogen (secondary N) is 2. The molecule has 0 aliphatic rings. The minimum atomic E-state index is -0.365. The summed E-state index contributed by atoms with van der Waals surface area (Å²) in [5.41, 5.74) is 5.49. The summed E-state index contributed by atoms with van der Waals surface area (Å²) in [6, 6.07) is 17.1. The molecule has 0 fully saturated rings. The Bertz CT molecular complexity index is 1370. The van der Waals surface area contributed by atoms with Gasteiger partial charge in [0.15, 0.2) is 10.7 Å². The van der Waals surface area contributed by atoms with Gasteiger partial charge >= 0.3 is 0 Å². The first-order valence-electron chi connectivity index (χ1n) is 10.3. The number of fused-ring (bicyclic) bond motifs is 1. The van der Waals surface area contributed by atoms with Crippen LogP contribution in [0.1, 0.15) is 28.4 Å². The van der Waals surface area contributed by atoms with E-state index in [0.29, 0.717) is 22.9 Å². The van der Waals surface area contributed by atoms with E-state index in [1.807, 2.05) is 55.5 Å². The third-order valence-electron chi connectivity index (χ3n) is 5.14. The van der Waals surface area contributed by atoms with Crippen LogP contribution in [0.2, 0.25) is 0 Å². The summed E-state index contributed by atoms with van der Waals surface area (Å²) in [6.45, 7) is 3.98. The maximum atomic E-state index is 12.8. The van der Waals surface area contributed by atoms with Crippen molar-refractivity contribution in [2.24, 2.45) is 0 Å². The SMILES string of the molecule is CCc1ccc2oc(-c3cccc(NC(=S)NC(=O)c4cc(Br)cc(C)c4OC)c3)nc2c1. The molecule has 3 aromatic carbocycles. The van der Waals surface area contributed by atoms with Crippen LogP contribution in [0.5, 0.6) is 5.75 Å². The molecule has 0 atom stereocenters. The number of hydrogen-bond donors (Lipinski definition) is 2.